The number of hydrogen-bond acceptors (Lipinski definition) is 4. The maximum Gasteiger partial charge on any atom is 0.261 e. The summed E-state index contributed by atoms with van der Waals surface area (Å²) >= 11 is 1.59. The van der Waals surface area contributed by atoms with Crippen LogP contribution in [0.5, 0.6) is 5.75 Å². The van der Waals surface area contributed by atoms with Crippen molar-refractivity contribution in [2.24, 2.45) is 0 Å². The molecule has 1 unspecified atom stereocenters. The predicted octanol–water partition coefficient (Wildman–Crippen LogP) is 3.23. The fourth-order valence-corrected chi connectivity index (χ4v) is 2.67. The SMILES string of the molecule is CCC(Oc1ccccc1C)C(=O)NCc1cnc(C)s1. The molecular weight excluding hydrogens is 284 g/mol. The Morgan fingerprint density at radius 1 is 1.38 bits per heavy atom. The van der Waals surface area contributed by atoms with Crippen LogP contribution in [0.3, 0.4) is 0 Å². The van der Waals surface area contributed by atoms with Gasteiger partial charge in [0.25, 0.3) is 5.91 Å². The minimum Gasteiger partial charge on any atom is -0.480 e. The van der Waals surface area contributed by atoms with E-state index in [-0.39, 0.29) is 5.91 Å². The number of nitrogens with one attached hydrogen (secondary N) is 1. The molecule has 1 atom stereocenters. The second-order valence-electron chi connectivity index (χ2n) is 4.84. The van der Waals surface area contributed by atoms with Crippen molar-refractivity contribution in [2.45, 2.75) is 39.8 Å². The van der Waals surface area contributed by atoms with Gasteiger partial charge in [-0.3, -0.25) is 4.79 Å². The fraction of sp³-hybridized carbons (Fsp3) is 0.375. The van der Waals surface area contributed by atoms with Crippen molar-refractivity contribution >= 4 is 17.2 Å². The molecule has 0 fully saturated rings. The Morgan fingerprint density at radius 2 is 2.14 bits per heavy atom. The van der Waals surface area contributed by atoms with Crippen molar-refractivity contribution in [3.8, 4) is 5.75 Å². The van der Waals surface area contributed by atoms with Crippen molar-refractivity contribution in [3.05, 3.63) is 45.9 Å². The van der Waals surface area contributed by atoms with Gasteiger partial charge in [0.2, 0.25) is 0 Å². The Hall–Kier alpha value is -1.88. The average Bonchev–Trinajstić information content (AvgIpc) is 2.89. The first-order chi connectivity index (χ1) is 10.1. The maximum atomic E-state index is 12.2. The molecular formula is C16H20N2O2S. The first-order valence-corrected chi connectivity index (χ1v) is 7.83. The summed E-state index contributed by atoms with van der Waals surface area (Å²) in [6, 6.07) is 7.72. The zero-order valence-corrected chi connectivity index (χ0v) is 13.4. The number of aryl methyl sites for hydroxylation is 2. The van der Waals surface area contributed by atoms with Crippen LogP contribution in [0.25, 0.3) is 0 Å². The molecule has 0 spiro atoms. The highest BCUT2D eigenvalue weighted by molar-refractivity contribution is 7.11. The highest BCUT2D eigenvalue weighted by Gasteiger charge is 2.18. The van der Waals surface area contributed by atoms with E-state index in [1.54, 1.807) is 17.5 Å². The summed E-state index contributed by atoms with van der Waals surface area (Å²) in [6.07, 6.45) is 1.95. The van der Waals surface area contributed by atoms with Gasteiger partial charge in [0.05, 0.1) is 11.6 Å². The van der Waals surface area contributed by atoms with Crippen molar-refractivity contribution in [1.82, 2.24) is 10.3 Å². The van der Waals surface area contributed by atoms with Crippen LogP contribution in [0, 0.1) is 13.8 Å². The number of aromatic nitrogens is 1. The van der Waals surface area contributed by atoms with E-state index in [4.69, 9.17) is 4.74 Å². The van der Waals surface area contributed by atoms with E-state index in [1.165, 1.54) is 0 Å². The molecule has 1 amide bonds. The smallest absolute Gasteiger partial charge is 0.261 e. The number of hydrogen-bond donors (Lipinski definition) is 1. The van der Waals surface area contributed by atoms with Crippen molar-refractivity contribution < 1.29 is 9.53 Å². The predicted molar refractivity (Wildman–Crippen MR) is 84.6 cm³/mol. The van der Waals surface area contributed by atoms with Crippen LogP contribution in [-0.2, 0) is 11.3 Å². The molecule has 0 bridgehead atoms. The van der Waals surface area contributed by atoms with Gasteiger partial charge in [-0.1, -0.05) is 25.1 Å². The number of para-hydroxylation sites is 1. The fourth-order valence-electron chi connectivity index (χ4n) is 1.94. The van der Waals surface area contributed by atoms with Crippen LogP contribution in [0.2, 0.25) is 0 Å². The van der Waals surface area contributed by atoms with E-state index < -0.39 is 6.10 Å². The minimum absolute atomic E-state index is 0.0909. The zero-order chi connectivity index (χ0) is 15.2. The Morgan fingerprint density at radius 3 is 2.76 bits per heavy atom. The van der Waals surface area contributed by atoms with Gasteiger partial charge in [0, 0.05) is 11.1 Å². The average molecular weight is 304 g/mol. The molecule has 21 heavy (non-hydrogen) atoms. The first-order valence-electron chi connectivity index (χ1n) is 7.01. The largest absolute Gasteiger partial charge is 0.480 e. The number of carbonyl (C=O) groups excluding carboxylic acids is 1. The Kier molecular flexibility index (Phi) is 5.33. The van der Waals surface area contributed by atoms with Crippen LogP contribution in [0.1, 0.15) is 28.8 Å². The zero-order valence-electron chi connectivity index (χ0n) is 12.6. The number of amides is 1. The summed E-state index contributed by atoms with van der Waals surface area (Å²) in [5, 5.41) is 3.91. The molecule has 0 saturated heterocycles. The van der Waals surface area contributed by atoms with Crippen LogP contribution in [0.4, 0.5) is 0 Å². The van der Waals surface area contributed by atoms with Crippen LogP contribution in [-0.4, -0.2) is 17.0 Å². The molecule has 0 aliphatic rings. The number of benzene rings is 1. The number of carbonyl (C=O) groups is 1. The number of thiazole rings is 1. The molecule has 0 aliphatic heterocycles. The molecule has 1 N–H and O–H groups in total. The third-order valence-electron chi connectivity index (χ3n) is 3.13. The number of nitrogens with zero attached hydrogens (tertiary/aromatic N) is 1. The van der Waals surface area contributed by atoms with E-state index in [9.17, 15) is 4.79 Å². The van der Waals surface area contributed by atoms with Gasteiger partial charge in [-0.2, -0.15) is 0 Å². The quantitative estimate of drug-likeness (QED) is 0.891. The third-order valence-corrected chi connectivity index (χ3v) is 4.04. The minimum atomic E-state index is -0.472. The van der Waals surface area contributed by atoms with E-state index in [0.29, 0.717) is 13.0 Å². The van der Waals surface area contributed by atoms with Gasteiger partial charge < -0.3 is 10.1 Å². The van der Waals surface area contributed by atoms with E-state index >= 15 is 0 Å². The lowest BCUT2D eigenvalue weighted by molar-refractivity contribution is -0.128. The first kappa shape index (κ1) is 15.5. The van der Waals surface area contributed by atoms with Crippen LogP contribution >= 0.6 is 11.3 Å². The standard InChI is InChI=1S/C16H20N2O2S/c1-4-14(20-15-8-6-5-7-11(15)2)16(19)18-10-13-9-17-12(3)21-13/h5-9,14H,4,10H2,1-3H3,(H,18,19). The molecule has 2 aromatic rings. The molecule has 4 nitrogen and oxygen atoms in total. The Balaban J connectivity index is 1.94. The lowest BCUT2D eigenvalue weighted by Crippen LogP contribution is -2.37. The second-order valence-corrected chi connectivity index (χ2v) is 6.16. The number of ether oxygens (including phenoxy) is 1. The molecule has 1 aromatic carbocycles. The summed E-state index contributed by atoms with van der Waals surface area (Å²) < 4.78 is 5.83. The molecule has 1 aromatic heterocycles. The number of rotatable bonds is 6. The van der Waals surface area contributed by atoms with Gasteiger partial charge in [-0.25, -0.2) is 4.98 Å². The summed E-state index contributed by atoms with van der Waals surface area (Å²) in [4.78, 5) is 17.4. The van der Waals surface area contributed by atoms with Gasteiger partial charge in [0.15, 0.2) is 6.10 Å². The van der Waals surface area contributed by atoms with Gasteiger partial charge >= 0.3 is 0 Å². The Labute approximate surface area is 129 Å². The summed E-state index contributed by atoms with van der Waals surface area (Å²) in [5.74, 6) is 0.667. The molecule has 0 aliphatic carbocycles. The van der Waals surface area contributed by atoms with Gasteiger partial charge in [-0.15, -0.1) is 11.3 Å². The topological polar surface area (TPSA) is 51.2 Å². The third kappa shape index (κ3) is 4.29. The lowest BCUT2D eigenvalue weighted by atomic mass is 10.2. The van der Waals surface area contributed by atoms with Gasteiger partial charge in [-0.05, 0) is 31.9 Å². The summed E-state index contributed by atoms with van der Waals surface area (Å²) in [7, 11) is 0. The van der Waals surface area contributed by atoms with Crippen LogP contribution in [0.15, 0.2) is 30.5 Å². The van der Waals surface area contributed by atoms with E-state index in [1.807, 2.05) is 45.0 Å². The molecule has 0 radical (unpaired) electrons. The van der Waals surface area contributed by atoms with Crippen molar-refractivity contribution in [3.63, 3.8) is 0 Å². The van der Waals surface area contributed by atoms with Crippen molar-refractivity contribution in [2.75, 3.05) is 0 Å². The molecule has 2 rings (SSSR count). The highest BCUT2D eigenvalue weighted by Crippen LogP contribution is 2.19. The van der Waals surface area contributed by atoms with E-state index in [2.05, 4.69) is 10.3 Å². The van der Waals surface area contributed by atoms with Crippen molar-refractivity contribution in [1.29, 1.82) is 0 Å². The summed E-state index contributed by atoms with van der Waals surface area (Å²) in [6.45, 7) is 6.36. The molecule has 112 valence electrons. The highest BCUT2D eigenvalue weighted by atomic mass is 32.1. The summed E-state index contributed by atoms with van der Waals surface area (Å²) in [5.41, 5.74) is 1.03. The second kappa shape index (κ2) is 7.22. The lowest BCUT2D eigenvalue weighted by Gasteiger charge is -2.18. The Bertz CT molecular complexity index is 610. The molecule has 0 saturated carbocycles. The monoisotopic (exact) mass is 304 g/mol. The van der Waals surface area contributed by atoms with Gasteiger partial charge in [0.1, 0.15) is 5.75 Å². The molecule has 1 heterocycles. The molecule has 5 heteroatoms. The van der Waals surface area contributed by atoms with Crippen LogP contribution < -0.4 is 10.1 Å². The maximum absolute atomic E-state index is 12.2. The van der Waals surface area contributed by atoms with E-state index in [0.717, 1.165) is 21.2 Å². The normalized spacial score (nSPS) is 12.0.